The zero-order valence-corrected chi connectivity index (χ0v) is 13.0. The molecule has 3 rings (SSSR count). The summed E-state index contributed by atoms with van der Waals surface area (Å²) in [5, 5.41) is 7.27. The van der Waals surface area contributed by atoms with E-state index in [1.54, 1.807) is 0 Å². The maximum absolute atomic E-state index is 5.68. The molecule has 21 heavy (non-hydrogen) atoms. The van der Waals surface area contributed by atoms with Crippen LogP contribution in [0.2, 0.25) is 0 Å². The highest BCUT2D eigenvalue weighted by molar-refractivity contribution is 9.10. The SMILES string of the molecule is Nc1ccc(Cc2nc(Cc3ccc(Br)cc3)n[nH]2)cc1. The number of aromatic nitrogens is 3. The van der Waals surface area contributed by atoms with Crippen LogP contribution in [0.1, 0.15) is 22.8 Å². The second-order valence-corrected chi connectivity index (χ2v) is 5.84. The lowest BCUT2D eigenvalue weighted by Crippen LogP contribution is -1.93. The van der Waals surface area contributed by atoms with Crippen molar-refractivity contribution >= 4 is 21.6 Å². The van der Waals surface area contributed by atoms with Crippen LogP contribution in [0.5, 0.6) is 0 Å². The summed E-state index contributed by atoms with van der Waals surface area (Å²) in [6.07, 6.45) is 1.46. The van der Waals surface area contributed by atoms with E-state index in [9.17, 15) is 0 Å². The summed E-state index contributed by atoms with van der Waals surface area (Å²) >= 11 is 3.43. The fourth-order valence-electron chi connectivity index (χ4n) is 2.11. The molecule has 5 heteroatoms. The number of benzene rings is 2. The number of rotatable bonds is 4. The highest BCUT2D eigenvalue weighted by atomic mass is 79.9. The Hall–Kier alpha value is -2.14. The van der Waals surface area contributed by atoms with Gasteiger partial charge in [-0.05, 0) is 35.4 Å². The largest absolute Gasteiger partial charge is 0.399 e. The minimum Gasteiger partial charge on any atom is -0.399 e. The number of hydrogen-bond acceptors (Lipinski definition) is 3. The van der Waals surface area contributed by atoms with Crippen LogP contribution in [0.3, 0.4) is 0 Å². The molecule has 0 saturated heterocycles. The molecular weight excluding hydrogens is 328 g/mol. The molecule has 0 aliphatic carbocycles. The van der Waals surface area contributed by atoms with Crippen molar-refractivity contribution in [3.05, 3.63) is 75.8 Å². The second kappa shape index (κ2) is 6.10. The van der Waals surface area contributed by atoms with E-state index >= 15 is 0 Å². The van der Waals surface area contributed by atoms with Crippen LogP contribution < -0.4 is 5.73 Å². The maximum atomic E-state index is 5.68. The summed E-state index contributed by atoms with van der Waals surface area (Å²) in [4.78, 5) is 4.54. The predicted octanol–water partition coefficient (Wildman–Crippen LogP) is 3.33. The average molecular weight is 343 g/mol. The van der Waals surface area contributed by atoms with Crippen molar-refractivity contribution in [2.45, 2.75) is 12.8 Å². The zero-order chi connectivity index (χ0) is 14.7. The molecule has 1 aromatic heterocycles. The van der Waals surface area contributed by atoms with Crippen LogP contribution in [-0.4, -0.2) is 15.2 Å². The van der Waals surface area contributed by atoms with Gasteiger partial charge in [0.05, 0.1) is 0 Å². The molecule has 4 nitrogen and oxygen atoms in total. The van der Waals surface area contributed by atoms with Crippen LogP contribution in [0.25, 0.3) is 0 Å². The molecule has 106 valence electrons. The molecule has 1 heterocycles. The molecule has 0 bridgehead atoms. The lowest BCUT2D eigenvalue weighted by molar-refractivity contribution is 0.958. The Balaban J connectivity index is 1.68. The third-order valence-electron chi connectivity index (χ3n) is 3.20. The topological polar surface area (TPSA) is 67.6 Å². The van der Waals surface area contributed by atoms with Crippen molar-refractivity contribution in [2.24, 2.45) is 0 Å². The van der Waals surface area contributed by atoms with Crippen LogP contribution in [-0.2, 0) is 12.8 Å². The number of aromatic amines is 1. The molecule has 2 aromatic carbocycles. The highest BCUT2D eigenvalue weighted by Crippen LogP contribution is 2.13. The second-order valence-electron chi connectivity index (χ2n) is 4.92. The van der Waals surface area contributed by atoms with Crippen LogP contribution in [0.4, 0.5) is 5.69 Å². The summed E-state index contributed by atoms with van der Waals surface area (Å²) in [6, 6.07) is 16.0. The van der Waals surface area contributed by atoms with Crippen molar-refractivity contribution in [1.29, 1.82) is 0 Å². The fraction of sp³-hybridized carbons (Fsp3) is 0.125. The van der Waals surface area contributed by atoms with E-state index in [0.717, 1.165) is 40.2 Å². The normalized spacial score (nSPS) is 10.7. The summed E-state index contributed by atoms with van der Waals surface area (Å²) in [5.41, 5.74) is 8.81. The van der Waals surface area contributed by atoms with Crippen molar-refractivity contribution in [3.63, 3.8) is 0 Å². The minimum atomic E-state index is 0.728. The third kappa shape index (κ3) is 3.70. The molecule has 0 radical (unpaired) electrons. The van der Waals surface area contributed by atoms with Gasteiger partial charge < -0.3 is 5.73 Å². The predicted molar refractivity (Wildman–Crippen MR) is 87.0 cm³/mol. The summed E-state index contributed by atoms with van der Waals surface area (Å²) < 4.78 is 1.07. The van der Waals surface area contributed by atoms with E-state index in [0.29, 0.717) is 0 Å². The molecule has 0 aliphatic rings. The monoisotopic (exact) mass is 342 g/mol. The lowest BCUT2D eigenvalue weighted by atomic mass is 10.1. The fourth-order valence-corrected chi connectivity index (χ4v) is 2.37. The standard InChI is InChI=1S/C16H15BrN4/c17-13-5-1-11(2-6-13)9-15-19-16(21-20-15)10-12-3-7-14(18)8-4-12/h1-8H,9-10,18H2,(H,19,20,21). The van der Waals surface area contributed by atoms with Gasteiger partial charge in [0.15, 0.2) is 5.82 Å². The minimum absolute atomic E-state index is 0.728. The number of nitrogens with two attached hydrogens (primary N) is 1. The Kier molecular flexibility index (Phi) is 4.01. The summed E-state index contributed by atoms with van der Waals surface area (Å²) in [6.45, 7) is 0. The highest BCUT2D eigenvalue weighted by Gasteiger charge is 2.05. The number of nitrogens with zero attached hydrogens (tertiary/aromatic N) is 2. The van der Waals surface area contributed by atoms with Gasteiger partial charge in [0, 0.05) is 23.0 Å². The van der Waals surface area contributed by atoms with Gasteiger partial charge in [0.1, 0.15) is 5.82 Å². The van der Waals surface area contributed by atoms with Crippen LogP contribution in [0.15, 0.2) is 53.0 Å². The molecule has 0 atom stereocenters. The first-order valence-electron chi connectivity index (χ1n) is 6.68. The van der Waals surface area contributed by atoms with Crippen molar-refractivity contribution < 1.29 is 0 Å². The van der Waals surface area contributed by atoms with E-state index in [2.05, 4.69) is 43.2 Å². The third-order valence-corrected chi connectivity index (χ3v) is 3.73. The van der Waals surface area contributed by atoms with Crippen molar-refractivity contribution in [3.8, 4) is 0 Å². The quantitative estimate of drug-likeness (QED) is 0.714. The molecule has 0 amide bonds. The van der Waals surface area contributed by atoms with E-state index in [-0.39, 0.29) is 0 Å². The Morgan fingerprint density at radius 2 is 1.52 bits per heavy atom. The van der Waals surface area contributed by atoms with Gasteiger partial charge in [-0.2, -0.15) is 5.10 Å². The number of H-pyrrole nitrogens is 1. The van der Waals surface area contributed by atoms with E-state index < -0.39 is 0 Å². The molecule has 0 fully saturated rings. The van der Waals surface area contributed by atoms with Crippen LogP contribution >= 0.6 is 15.9 Å². The number of hydrogen-bond donors (Lipinski definition) is 2. The first kappa shape index (κ1) is 13.8. The summed E-state index contributed by atoms with van der Waals surface area (Å²) in [5.74, 6) is 1.68. The number of halogens is 1. The molecule has 0 saturated carbocycles. The van der Waals surface area contributed by atoms with Gasteiger partial charge in [-0.15, -0.1) is 0 Å². The first-order chi connectivity index (χ1) is 10.2. The smallest absolute Gasteiger partial charge is 0.155 e. The Bertz CT molecular complexity index is 655. The molecule has 0 unspecified atom stereocenters. The van der Waals surface area contributed by atoms with Crippen LogP contribution in [0, 0.1) is 0 Å². The van der Waals surface area contributed by atoms with E-state index in [4.69, 9.17) is 5.73 Å². The number of nitrogen functional groups attached to an aromatic ring is 1. The molecule has 0 aliphatic heterocycles. The van der Waals surface area contributed by atoms with Gasteiger partial charge in [-0.3, -0.25) is 5.10 Å². The lowest BCUT2D eigenvalue weighted by Gasteiger charge is -1.98. The summed E-state index contributed by atoms with van der Waals surface area (Å²) in [7, 11) is 0. The van der Waals surface area contributed by atoms with Crippen molar-refractivity contribution in [2.75, 3.05) is 5.73 Å². The van der Waals surface area contributed by atoms with Gasteiger partial charge in [-0.25, -0.2) is 4.98 Å². The zero-order valence-electron chi connectivity index (χ0n) is 11.4. The first-order valence-corrected chi connectivity index (χ1v) is 7.47. The average Bonchev–Trinajstić information content (AvgIpc) is 2.91. The maximum Gasteiger partial charge on any atom is 0.155 e. The molecule has 0 spiro atoms. The van der Waals surface area contributed by atoms with E-state index in [1.165, 1.54) is 5.56 Å². The van der Waals surface area contributed by atoms with Crippen molar-refractivity contribution in [1.82, 2.24) is 15.2 Å². The van der Waals surface area contributed by atoms with Gasteiger partial charge in [0.2, 0.25) is 0 Å². The van der Waals surface area contributed by atoms with Gasteiger partial charge in [0.25, 0.3) is 0 Å². The molecule has 3 aromatic rings. The van der Waals surface area contributed by atoms with Gasteiger partial charge in [-0.1, -0.05) is 40.2 Å². The Labute approximate surface area is 131 Å². The Morgan fingerprint density at radius 1 is 0.905 bits per heavy atom. The molecule has 3 N–H and O–H groups in total. The number of anilines is 1. The Morgan fingerprint density at radius 3 is 2.24 bits per heavy atom. The van der Waals surface area contributed by atoms with E-state index in [1.807, 2.05) is 36.4 Å². The number of nitrogens with one attached hydrogen (secondary N) is 1. The molecular formula is C16H15BrN4. The van der Waals surface area contributed by atoms with Gasteiger partial charge >= 0.3 is 0 Å².